The summed E-state index contributed by atoms with van der Waals surface area (Å²) in [6.07, 6.45) is 7.98. The van der Waals surface area contributed by atoms with Gasteiger partial charge in [0.25, 0.3) is 11.8 Å². The van der Waals surface area contributed by atoms with Crippen molar-refractivity contribution < 1.29 is 70.4 Å². The van der Waals surface area contributed by atoms with E-state index in [1.807, 2.05) is 60.7 Å². The molecule has 486 valence electrons. The fourth-order valence-electron chi connectivity index (χ4n) is 10.9. The van der Waals surface area contributed by atoms with Crippen LogP contribution >= 0.6 is 11.3 Å². The molecule has 2 saturated carbocycles. The van der Waals surface area contributed by atoms with Crippen molar-refractivity contribution in [3.05, 3.63) is 95.3 Å². The summed E-state index contributed by atoms with van der Waals surface area (Å²) < 4.78 is 72.8. The van der Waals surface area contributed by atoms with Crippen LogP contribution < -0.4 is 31.3 Å². The quantitative estimate of drug-likeness (QED) is 0.0279. The Morgan fingerprint density at radius 3 is 2.11 bits per heavy atom. The lowest BCUT2D eigenvalue weighted by Crippen LogP contribution is -2.57. The van der Waals surface area contributed by atoms with E-state index in [1.54, 1.807) is 43.0 Å². The van der Waals surface area contributed by atoms with Gasteiger partial charge in [0.15, 0.2) is 5.13 Å². The van der Waals surface area contributed by atoms with Crippen LogP contribution in [-0.4, -0.2) is 180 Å². The van der Waals surface area contributed by atoms with Crippen molar-refractivity contribution in [2.24, 2.45) is 17.8 Å². The number of allylic oxidation sites excluding steroid dienone is 1. The lowest BCUT2D eigenvalue weighted by atomic mass is 9.81. The first-order valence-electron chi connectivity index (χ1n) is 30.7. The van der Waals surface area contributed by atoms with E-state index in [4.69, 9.17) is 28.4 Å². The molecule has 3 heterocycles. The monoisotopic (exact) mass is 1260 g/mol. The molecule has 6 amide bonds. The van der Waals surface area contributed by atoms with Crippen LogP contribution in [0.3, 0.4) is 0 Å². The molecule has 89 heavy (non-hydrogen) atoms. The number of hydrogen-bond acceptors (Lipinski definition) is 16. The van der Waals surface area contributed by atoms with Crippen molar-refractivity contribution in [3.8, 4) is 17.0 Å². The van der Waals surface area contributed by atoms with Gasteiger partial charge in [-0.25, -0.2) is 9.97 Å². The van der Waals surface area contributed by atoms with Gasteiger partial charge in [-0.05, 0) is 94.4 Å². The number of likely N-dealkylation sites (N-methyl/N-ethyl adjacent to an activating group) is 2. The van der Waals surface area contributed by atoms with E-state index in [1.165, 1.54) is 13.3 Å². The summed E-state index contributed by atoms with van der Waals surface area (Å²) in [5, 5.41) is 15.3. The molecular formula is C64H86F3N9O12S. The van der Waals surface area contributed by atoms with Gasteiger partial charge in [0.05, 0.1) is 91.1 Å². The van der Waals surface area contributed by atoms with Gasteiger partial charge < -0.3 is 59.5 Å². The van der Waals surface area contributed by atoms with E-state index >= 15 is 0 Å². The number of alkyl halides is 3. The largest absolute Gasteiger partial charge is 0.495 e. The van der Waals surface area contributed by atoms with Gasteiger partial charge in [0, 0.05) is 37.8 Å². The average Bonchev–Trinajstić information content (AvgIpc) is 2.83. The highest BCUT2D eigenvalue weighted by Crippen LogP contribution is 2.41. The zero-order valence-electron chi connectivity index (χ0n) is 51.4. The Balaban J connectivity index is 0.713. The van der Waals surface area contributed by atoms with E-state index < -0.39 is 42.0 Å². The van der Waals surface area contributed by atoms with Gasteiger partial charge in [0.1, 0.15) is 40.8 Å². The molecule has 0 bridgehead atoms. The van der Waals surface area contributed by atoms with Crippen LogP contribution in [0.1, 0.15) is 105 Å². The first-order valence-corrected chi connectivity index (χ1v) is 31.6. The third kappa shape index (κ3) is 22.2. The number of likely N-dealkylation sites (tertiary alicyclic amines) is 1. The molecule has 25 heteroatoms. The maximum Gasteiger partial charge on any atom is 0.391 e. The summed E-state index contributed by atoms with van der Waals surface area (Å²) in [6, 6.07) is 16.3. The predicted octanol–water partition coefficient (Wildman–Crippen LogP) is 7.85. The predicted molar refractivity (Wildman–Crippen MR) is 331 cm³/mol. The summed E-state index contributed by atoms with van der Waals surface area (Å²) in [7, 11) is 4.89. The zero-order chi connectivity index (χ0) is 63.5. The highest BCUT2D eigenvalue weighted by atomic mass is 32.1. The number of carbonyl (C=O) groups excluding carboxylic acids is 6. The van der Waals surface area contributed by atoms with Gasteiger partial charge >= 0.3 is 6.18 Å². The normalized spacial score (nSPS) is 17.9. The maximum atomic E-state index is 14.3. The fraction of sp³-hybridized carbons (Fsp3) is 0.562. The van der Waals surface area contributed by atoms with E-state index in [2.05, 4.69) is 36.6 Å². The van der Waals surface area contributed by atoms with Crippen LogP contribution in [0.4, 0.5) is 23.3 Å². The van der Waals surface area contributed by atoms with Crippen molar-refractivity contribution in [2.45, 2.75) is 115 Å². The number of amides is 6. The number of ether oxygens (including phenoxy) is 6. The minimum absolute atomic E-state index is 0.00109. The molecule has 2 aliphatic carbocycles. The summed E-state index contributed by atoms with van der Waals surface area (Å²) in [4.78, 5) is 92.6. The molecule has 3 atom stereocenters. The van der Waals surface area contributed by atoms with Crippen molar-refractivity contribution in [1.29, 1.82) is 0 Å². The van der Waals surface area contributed by atoms with Crippen molar-refractivity contribution in [3.63, 3.8) is 0 Å². The standard InChI is InChI=1S/C64H86F3N9O12S/c1-43(68-2)58(79)72-57(48-17-9-6-10-18-48)62(82)76-26-12-19-52(76)60(81)74-61-56(47-15-7-5-8-16-47)73-63(89-61)71-54(77)42-88-36-35-87-34-33-86-32-31-85-30-29-84-28-27-75(3)55(78)38-45-13-11-14-46(37-45)40-70-59(80)51-39-49(53(83-4)41-69-51)23-20-44-21-24-50(25-22-44)64(65,66)67/h5,7-8,11,13-16,20,23,37,39,41,43-44,48,50,52,57,68H,6,9-10,12,17-19,21-22,24-36,38,40,42H2,1-4H3,(H,70,80)(H,72,79)(H,74,81)(H,71,73,77)/b23-20+/t43-,44-,50-,52-,57-/m0/s1. The smallest absolute Gasteiger partial charge is 0.391 e. The molecule has 1 saturated heterocycles. The lowest BCUT2D eigenvalue weighted by Gasteiger charge is -2.35. The van der Waals surface area contributed by atoms with Crippen molar-refractivity contribution in [1.82, 2.24) is 35.7 Å². The molecule has 2 aromatic heterocycles. The second-order valence-corrected chi connectivity index (χ2v) is 23.5. The number of nitrogens with zero attached hydrogens (tertiary/aromatic N) is 4. The minimum Gasteiger partial charge on any atom is -0.495 e. The Morgan fingerprint density at radius 2 is 1.45 bits per heavy atom. The van der Waals surface area contributed by atoms with E-state index in [9.17, 15) is 41.9 Å². The summed E-state index contributed by atoms with van der Waals surface area (Å²) in [5.41, 5.74) is 3.54. The summed E-state index contributed by atoms with van der Waals surface area (Å²) >= 11 is 1.11. The van der Waals surface area contributed by atoms with Gasteiger partial charge in [-0.3, -0.25) is 34.1 Å². The molecule has 7 rings (SSSR count). The molecular weight excluding hydrogens is 1180 g/mol. The first-order chi connectivity index (χ1) is 43.0. The Bertz CT molecular complexity index is 2940. The number of aromatic nitrogens is 2. The summed E-state index contributed by atoms with van der Waals surface area (Å²) in [6.45, 7) is 5.17. The molecule has 3 aliphatic rings. The van der Waals surface area contributed by atoms with Gasteiger partial charge in [0.2, 0.25) is 23.6 Å². The van der Waals surface area contributed by atoms with Crippen molar-refractivity contribution >= 4 is 63.0 Å². The molecule has 0 radical (unpaired) electrons. The second kappa shape index (κ2) is 36.1. The Hall–Kier alpha value is -6.87. The van der Waals surface area contributed by atoms with E-state index in [0.717, 1.165) is 60.1 Å². The number of thiazole rings is 1. The number of halogens is 3. The number of benzene rings is 2. The number of carbonyl (C=O) groups is 6. The number of anilines is 2. The molecule has 4 aromatic rings. The third-order valence-electron chi connectivity index (χ3n) is 16.2. The lowest BCUT2D eigenvalue weighted by molar-refractivity contribution is -0.183. The molecule has 1 aliphatic heterocycles. The topological polar surface area (TPSA) is 250 Å². The molecule has 2 aromatic carbocycles. The average molecular weight is 1260 g/mol. The number of methoxy groups -OCH3 is 1. The van der Waals surface area contributed by atoms with Crippen LogP contribution in [0.15, 0.2) is 72.9 Å². The van der Waals surface area contributed by atoms with Crippen molar-refractivity contribution in [2.75, 3.05) is 111 Å². The Labute approximate surface area is 522 Å². The van der Waals surface area contributed by atoms with Crippen LogP contribution in [-0.2, 0) is 60.6 Å². The summed E-state index contributed by atoms with van der Waals surface area (Å²) in [5.74, 6) is -2.65. The Morgan fingerprint density at radius 1 is 0.787 bits per heavy atom. The highest BCUT2D eigenvalue weighted by Gasteiger charge is 2.42. The number of rotatable bonds is 34. The van der Waals surface area contributed by atoms with E-state index in [-0.39, 0.29) is 91.9 Å². The molecule has 21 nitrogen and oxygen atoms in total. The molecule has 0 unspecified atom stereocenters. The fourth-order valence-corrected chi connectivity index (χ4v) is 11.8. The van der Waals surface area contributed by atoms with Crippen LogP contribution in [0.25, 0.3) is 17.3 Å². The first kappa shape index (κ1) is 69.6. The van der Waals surface area contributed by atoms with Gasteiger partial charge in [-0.15, -0.1) is 0 Å². The minimum atomic E-state index is -4.17. The highest BCUT2D eigenvalue weighted by molar-refractivity contribution is 7.20. The molecule has 5 N–H and O–H groups in total. The van der Waals surface area contributed by atoms with Crippen LogP contribution in [0.2, 0.25) is 0 Å². The maximum absolute atomic E-state index is 14.3. The van der Waals surface area contributed by atoms with Gasteiger partial charge in [-0.1, -0.05) is 97.3 Å². The third-order valence-corrected chi connectivity index (χ3v) is 17.0. The number of nitrogens with one attached hydrogen (secondary N) is 5. The van der Waals surface area contributed by atoms with Gasteiger partial charge in [-0.2, -0.15) is 13.2 Å². The second-order valence-electron chi connectivity index (χ2n) is 22.5. The number of pyridine rings is 1. The van der Waals surface area contributed by atoms with Crippen LogP contribution in [0, 0.1) is 17.8 Å². The zero-order valence-corrected chi connectivity index (χ0v) is 52.2. The van der Waals surface area contributed by atoms with E-state index in [0.29, 0.717) is 107 Å². The Kier molecular flexibility index (Phi) is 28.2. The van der Waals surface area contributed by atoms with Crippen LogP contribution in [0.5, 0.6) is 5.75 Å². The SMILES string of the molecule is CN[C@@H](C)C(=O)N[C@H](C(=O)N1CCC[C@H]1C(=O)Nc1sc(NC(=O)COCCOCCOCCOCCOCCN(C)C(=O)Cc2cccc(CNC(=O)c3cc(/C=C/[C@H]4CC[C@H](C(F)(F)F)CC4)c(OC)cn3)c2)nc1-c1ccccc1)C1CCCCC1. The molecule has 0 spiro atoms. The molecule has 3 fully saturated rings. The number of hydrogen-bond donors (Lipinski definition) is 5.